The van der Waals surface area contributed by atoms with Crippen LogP contribution in [0.2, 0.25) is 5.02 Å². The van der Waals surface area contributed by atoms with Crippen molar-refractivity contribution in [2.24, 2.45) is 0 Å². The smallest absolute Gasteiger partial charge is 0.213 e. The largest absolute Gasteiger partial charge is 0.481 e. The van der Waals surface area contributed by atoms with E-state index >= 15 is 0 Å². The first-order chi connectivity index (χ1) is 14.1. The molecule has 3 aromatic heterocycles. The lowest BCUT2D eigenvalue weighted by molar-refractivity contribution is 0.398. The standard InChI is InChI=1S/C20H18ClN5OS2/c1-12-16(10-22-15-7-8-18(27-2)23-9-15)19(29-26-12)25-20-24-17(11-28-20)13-3-5-14(21)6-4-13/h3-9,11,22H,10H2,1-2H3,(H,24,25). The van der Waals surface area contributed by atoms with E-state index in [1.54, 1.807) is 24.6 Å². The van der Waals surface area contributed by atoms with E-state index < -0.39 is 0 Å². The lowest BCUT2D eigenvalue weighted by Gasteiger charge is -2.08. The van der Waals surface area contributed by atoms with E-state index in [9.17, 15) is 0 Å². The number of hydrogen-bond donors (Lipinski definition) is 2. The topological polar surface area (TPSA) is 72.0 Å². The summed E-state index contributed by atoms with van der Waals surface area (Å²) in [6.07, 6.45) is 1.75. The Labute approximate surface area is 181 Å². The molecule has 0 aliphatic carbocycles. The minimum atomic E-state index is 0.589. The number of ether oxygens (including phenoxy) is 1. The molecule has 0 saturated heterocycles. The van der Waals surface area contributed by atoms with Gasteiger partial charge in [-0.1, -0.05) is 23.7 Å². The number of halogens is 1. The highest BCUT2D eigenvalue weighted by molar-refractivity contribution is 7.15. The van der Waals surface area contributed by atoms with E-state index in [0.717, 1.165) is 38.3 Å². The summed E-state index contributed by atoms with van der Waals surface area (Å²) >= 11 is 8.96. The van der Waals surface area contributed by atoms with Gasteiger partial charge in [-0.2, -0.15) is 4.37 Å². The van der Waals surface area contributed by atoms with Crippen LogP contribution in [0.4, 0.5) is 15.8 Å². The van der Waals surface area contributed by atoms with Crippen molar-refractivity contribution < 1.29 is 4.74 Å². The van der Waals surface area contributed by atoms with Crippen LogP contribution in [-0.2, 0) is 6.54 Å². The molecule has 9 heteroatoms. The van der Waals surface area contributed by atoms with Crippen LogP contribution in [0.1, 0.15) is 11.3 Å². The summed E-state index contributed by atoms with van der Waals surface area (Å²) in [5.74, 6) is 0.589. The van der Waals surface area contributed by atoms with E-state index in [2.05, 4.69) is 20.0 Å². The minimum Gasteiger partial charge on any atom is -0.481 e. The van der Waals surface area contributed by atoms with Crippen molar-refractivity contribution >= 4 is 50.3 Å². The van der Waals surface area contributed by atoms with Crippen LogP contribution in [0.3, 0.4) is 0 Å². The lowest BCUT2D eigenvalue weighted by atomic mass is 10.2. The van der Waals surface area contributed by atoms with Gasteiger partial charge >= 0.3 is 0 Å². The minimum absolute atomic E-state index is 0.589. The number of aromatic nitrogens is 3. The Balaban J connectivity index is 1.46. The summed E-state index contributed by atoms with van der Waals surface area (Å²) in [5.41, 5.74) is 4.96. The van der Waals surface area contributed by atoms with Gasteiger partial charge in [0.15, 0.2) is 5.13 Å². The molecule has 0 atom stereocenters. The van der Waals surface area contributed by atoms with Gasteiger partial charge in [0.1, 0.15) is 5.00 Å². The number of thiazole rings is 1. The number of benzene rings is 1. The third-order valence-corrected chi connectivity index (χ3v) is 6.17. The van der Waals surface area contributed by atoms with Crippen molar-refractivity contribution in [3.63, 3.8) is 0 Å². The van der Waals surface area contributed by atoms with Crippen LogP contribution in [0.15, 0.2) is 48.0 Å². The molecule has 0 aliphatic heterocycles. The monoisotopic (exact) mass is 443 g/mol. The molecule has 0 aliphatic rings. The Morgan fingerprint density at radius 3 is 2.69 bits per heavy atom. The second kappa shape index (κ2) is 8.77. The third-order valence-electron chi connectivity index (χ3n) is 4.26. The number of rotatable bonds is 7. The van der Waals surface area contributed by atoms with Gasteiger partial charge in [0, 0.05) is 34.1 Å². The predicted octanol–water partition coefficient (Wildman–Crippen LogP) is 5.99. The Kier molecular flexibility index (Phi) is 5.94. The Bertz CT molecular complexity index is 1090. The number of aryl methyl sites for hydroxylation is 1. The maximum atomic E-state index is 5.97. The van der Waals surface area contributed by atoms with Crippen molar-refractivity contribution in [3.05, 3.63) is 64.3 Å². The Hall–Kier alpha value is -2.68. The average Bonchev–Trinajstić information content (AvgIpc) is 3.34. The van der Waals surface area contributed by atoms with Gasteiger partial charge < -0.3 is 15.4 Å². The summed E-state index contributed by atoms with van der Waals surface area (Å²) in [6.45, 7) is 2.64. The van der Waals surface area contributed by atoms with Crippen molar-refractivity contribution in [2.75, 3.05) is 17.7 Å². The van der Waals surface area contributed by atoms with Crippen molar-refractivity contribution in [3.8, 4) is 17.1 Å². The fourth-order valence-corrected chi connectivity index (χ4v) is 4.40. The highest BCUT2D eigenvalue weighted by Crippen LogP contribution is 2.32. The summed E-state index contributed by atoms with van der Waals surface area (Å²) in [7, 11) is 1.60. The number of nitrogens with zero attached hydrogens (tertiary/aromatic N) is 3. The van der Waals surface area contributed by atoms with Gasteiger partial charge in [-0.3, -0.25) is 0 Å². The average molecular weight is 444 g/mol. The van der Waals surface area contributed by atoms with Gasteiger partial charge in [-0.15, -0.1) is 11.3 Å². The van der Waals surface area contributed by atoms with Crippen LogP contribution in [-0.4, -0.2) is 21.5 Å². The van der Waals surface area contributed by atoms with Crippen LogP contribution < -0.4 is 15.4 Å². The highest BCUT2D eigenvalue weighted by Gasteiger charge is 2.13. The van der Waals surface area contributed by atoms with E-state index in [0.29, 0.717) is 17.4 Å². The van der Waals surface area contributed by atoms with Crippen LogP contribution >= 0.6 is 34.5 Å². The molecule has 6 nitrogen and oxygen atoms in total. The zero-order valence-electron chi connectivity index (χ0n) is 15.8. The third kappa shape index (κ3) is 4.67. The molecule has 0 saturated carbocycles. The predicted molar refractivity (Wildman–Crippen MR) is 121 cm³/mol. The quantitative estimate of drug-likeness (QED) is 0.365. The summed E-state index contributed by atoms with van der Waals surface area (Å²) in [6, 6.07) is 11.4. The normalized spacial score (nSPS) is 10.7. The Morgan fingerprint density at radius 2 is 1.97 bits per heavy atom. The zero-order chi connectivity index (χ0) is 20.2. The maximum Gasteiger partial charge on any atom is 0.213 e. The maximum absolute atomic E-state index is 5.97. The first kappa shape index (κ1) is 19.6. The van der Waals surface area contributed by atoms with Crippen molar-refractivity contribution in [2.45, 2.75) is 13.5 Å². The Morgan fingerprint density at radius 1 is 1.14 bits per heavy atom. The number of pyridine rings is 1. The molecule has 4 rings (SSSR count). The second-order valence-corrected chi connectivity index (χ2v) is 8.26. The summed E-state index contributed by atoms with van der Waals surface area (Å²) in [5, 5.41) is 11.3. The lowest BCUT2D eigenvalue weighted by Crippen LogP contribution is -2.03. The van der Waals surface area contributed by atoms with Gasteiger partial charge in [0.2, 0.25) is 5.88 Å². The zero-order valence-corrected chi connectivity index (χ0v) is 18.2. The van der Waals surface area contributed by atoms with Crippen molar-refractivity contribution in [1.82, 2.24) is 14.3 Å². The molecule has 0 spiro atoms. The molecule has 2 N–H and O–H groups in total. The van der Waals surface area contributed by atoms with E-state index in [1.165, 1.54) is 11.5 Å². The number of methoxy groups -OCH3 is 1. The number of anilines is 3. The number of nitrogens with one attached hydrogen (secondary N) is 2. The SMILES string of the molecule is COc1ccc(NCc2c(C)nsc2Nc2nc(-c3ccc(Cl)cc3)cs2)cn1. The van der Waals surface area contributed by atoms with E-state index in [1.807, 2.05) is 48.7 Å². The van der Waals surface area contributed by atoms with Crippen LogP contribution in [0, 0.1) is 6.92 Å². The summed E-state index contributed by atoms with van der Waals surface area (Å²) in [4.78, 5) is 8.91. The molecular formula is C20H18ClN5OS2. The molecule has 0 bridgehead atoms. The van der Waals surface area contributed by atoms with Gasteiger partial charge in [-0.25, -0.2) is 9.97 Å². The van der Waals surface area contributed by atoms with Gasteiger partial charge in [0.05, 0.1) is 30.4 Å². The first-order valence-electron chi connectivity index (χ1n) is 8.80. The highest BCUT2D eigenvalue weighted by atomic mass is 35.5. The molecule has 0 amide bonds. The molecule has 4 aromatic rings. The van der Waals surface area contributed by atoms with E-state index in [-0.39, 0.29) is 0 Å². The fraction of sp³-hybridized carbons (Fsp3) is 0.150. The van der Waals surface area contributed by atoms with Crippen LogP contribution in [0.5, 0.6) is 5.88 Å². The molecular weight excluding hydrogens is 426 g/mol. The van der Waals surface area contributed by atoms with Gasteiger partial charge in [0.25, 0.3) is 0 Å². The molecule has 0 fully saturated rings. The van der Waals surface area contributed by atoms with Crippen LogP contribution in [0.25, 0.3) is 11.3 Å². The fourth-order valence-electron chi connectivity index (χ4n) is 2.67. The first-order valence-corrected chi connectivity index (χ1v) is 10.8. The number of hydrogen-bond acceptors (Lipinski definition) is 8. The van der Waals surface area contributed by atoms with Crippen molar-refractivity contribution in [1.29, 1.82) is 0 Å². The molecule has 0 unspecified atom stereocenters. The molecule has 148 valence electrons. The molecule has 1 aromatic carbocycles. The summed E-state index contributed by atoms with van der Waals surface area (Å²) < 4.78 is 9.59. The molecule has 3 heterocycles. The second-order valence-electron chi connectivity index (χ2n) is 6.19. The van der Waals surface area contributed by atoms with Gasteiger partial charge in [-0.05, 0) is 36.7 Å². The molecule has 29 heavy (non-hydrogen) atoms. The van der Waals surface area contributed by atoms with E-state index in [4.69, 9.17) is 21.3 Å². The molecule has 0 radical (unpaired) electrons.